The fraction of sp³-hybridized carbons (Fsp3) is 0.462. The summed E-state index contributed by atoms with van der Waals surface area (Å²) in [5.74, 6) is 1.01. The summed E-state index contributed by atoms with van der Waals surface area (Å²) in [4.78, 5) is 11.4. The number of carbonyl (C=O) groups is 1. The highest BCUT2D eigenvalue weighted by Gasteiger charge is 2.04. The zero-order valence-electron chi connectivity index (χ0n) is 9.79. The first kappa shape index (κ1) is 13.0. The zero-order chi connectivity index (χ0) is 12.0. The Kier molecular flexibility index (Phi) is 5.33. The van der Waals surface area contributed by atoms with Gasteiger partial charge in [0.1, 0.15) is 0 Å². The molecule has 0 fully saturated rings. The summed E-state index contributed by atoms with van der Waals surface area (Å²) in [6, 6.07) is 7.95. The fourth-order valence-electron chi connectivity index (χ4n) is 1.47. The fourth-order valence-corrected chi connectivity index (χ4v) is 1.63. The molecule has 2 nitrogen and oxygen atoms in total. The van der Waals surface area contributed by atoms with Crippen LogP contribution in [0.25, 0.3) is 0 Å². The van der Waals surface area contributed by atoms with Crippen molar-refractivity contribution in [2.45, 2.75) is 32.7 Å². The standard InChI is InChI=1S/C13H18ClNO/c1-10(2)6-13(16)15-9-12-5-3-4-11(7-12)8-14/h3-5,7,10H,6,8-9H2,1-2H3,(H,15,16). The van der Waals surface area contributed by atoms with E-state index in [2.05, 4.69) is 5.32 Å². The molecule has 0 saturated heterocycles. The Morgan fingerprint density at radius 3 is 2.69 bits per heavy atom. The zero-order valence-corrected chi connectivity index (χ0v) is 10.6. The van der Waals surface area contributed by atoms with Crippen molar-refractivity contribution in [2.75, 3.05) is 0 Å². The second-order valence-electron chi connectivity index (χ2n) is 4.33. The Hall–Kier alpha value is -1.02. The van der Waals surface area contributed by atoms with E-state index in [4.69, 9.17) is 11.6 Å². The van der Waals surface area contributed by atoms with Gasteiger partial charge in [0.05, 0.1) is 0 Å². The average molecular weight is 240 g/mol. The lowest BCUT2D eigenvalue weighted by molar-refractivity contribution is -0.121. The van der Waals surface area contributed by atoms with Gasteiger partial charge in [-0.05, 0) is 17.0 Å². The van der Waals surface area contributed by atoms with Gasteiger partial charge >= 0.3 is 0 Å². The summed E-state index contributed by atoms with van der Waals surface area (Å²) >= 11 is 5.74. The van der Waals surface area contributed by atoms with Crippen LogP contribution in [0.15, 0.2) is 24.3 Å². The van der Waals surface area contributed by atoms with Crippen molar-refractivity contribution in [1.29, 1.82) is 0 Å². The van der Waals surface area contributed by atoms with Gasteiger partial charge in [-0.3, -0.25) is 4.79 Å². The van der Waals surface area contributed by atoms with Crippen LogP contribution in [0.4, 0.5) is 0 Å². The Balaban J connectivity index is 2.45. The van der Waals surface area contributed by atoms with E-state index in [1.54, 1.807) is 0 Å². The first-order chi connectivity index (χ1) is 7.61. The quantitative estimate of drug-likeness (QED) is 0.787. The van der Waals surface area contributed by atoms with Gasteiger partial charge in [-0.15, -0.1) is 11.6 Å². The van der Waals surface area contributed by atoms with Crippen LogP contribution in [0.3, 0.4) is 0 Å². The number of halogens is 1. The number of rotatable bonds is 5. The number of carbonyl (C=O) groups excluding carboxylic acids is 1. The molecule has 0 aliphatic rings. The molecule has 16 heavy (non-hydrogen) atoms. The van der Waals surface area contributed by atoms with E-state index in [0.29, 0.717) is 24.8 Å². The lowest BCUT2D eigenvalue weighted by Gasteiger charge is -2.07. The number of nitrogens with one attached hydrogen (secondary N) is 1. The van der Waals surface area contributed by atoms with Crippen molar-refractivity contribution in [1.82, 2.24) is 5.32 Å². The molecule has 0 aliphatic heterocycles. The summed E-state index contributed by atoms with van der Waals surface area (Å²) in [5, 5.41) is 2.90. The van der Waals surface area contributed by atoms with E-state index in [1.807, 2.05) is 38.1 Å². The molecule has 1 aromatic rings. The number of benzene rings is 1. The summed E-state index contributed by atoms with van der Waals surface area (Å²) in [5.41, 5.74) is 2.17. The molecule has 0 heterocycles. The van der Waals surface area contributed by atoms with Gasteiger partial charge in [-0.1, -0.05) is 38.1 Å². The van der Waals surface area contributed by atoms with Crippen LogP contribution in [0, 0.1) is 5.92 Å². The Labute approximate surface area is 102 Å². The molecule has 0 aromatic heterocycles. The first-order valence-electron chi connectivity index (χ1n) is 5.52. The summed E-state index contributed by atoms with van der Waals surface area (Å²) in [7, 11) is 0. The maximum atomic E-state index is 11.4. The van der Waals surface area contributed by atoms with Gasteiger partial charge in [-0.25, -0.2) is 0 Å². The second kappa shape index (κ2) is 6.54. The minimum atomic E-state index is 0.103. The number of hydrogen-bond donors (Lipinski definition) is 1. The van der Waals surface area contributed by atoms with E-state index in [9.17, 15) is 4.79 Å². The molecule has 1 N–H and O–H groups in total. The summed E-state index contributed by atoms with van der Waals surface area (Å²) in [6.45, 7) is 4.65. The van der Waals surface area contributed by atoms with Gasteiger partial charge in [0.25, 0.3) is 0 Å². The molecule has 0 radical (unpaired) electrons. The molecule has 0 aliphatic carbocycles. The van der Waals surface area contributed by atoms with E-state index in [0.717, 1.165) is 11.1 Å². The molecule has 0 atom stereocenters. The topological polar surface area (TPSA) is 29.1 Å². The predicted molar refractivity (Wildman–Crippen MR) is 67.3 cm³/mol. The number of amides is 1. The maximum Gasteiger partial charge on any atom is 0.220 e. The molecule has 0 unspecified atom stereocenters. The third-order valence-corrected chi connectivity index (χ3v) is 2.54. The van der Waals surface area contributed by atoms with Crippen LogP contribution in [-0.2, 0) is 17.2 Å². The summed E-state index contributed by atoms with van der Waals surface area (Å²) in [6.07, 6.45) is 0.579. The number of hydrogen-bond acceptors (Lipinski definition) is 1. The molecular weight excluding hydrogens is 222 g/mol. The van der Waals surface area contributed by atoms with Gasteiger partial charge in [0, 0.05) is 18.8 Å². The predicted octanol–water partition coefficient (Wildman–Crippen LogP) is 3.09. The Morgan fingerprint density at radius 1 is 1.38 bits per heavy atom. The largest absolute Gasteiger partial charge is 0.352 e. The molecule has 0 spiro atoms. The number of alkyl halides is 1. The highest BCUT2D eigenvalue weighted by Crippen LogP contribution is 2.08. The first-order valence-corrected chi connectivity index (χ1v) is 6.05. The average Bonchev–Trinajstić information content (AvgIpc) is 2.26. The van der Waals surface area contributed by atoms with Crippen molar-refractivity contribution >= 4 is 17.5 Å². The van der Waals surface area contributed by atoms with Gasteiger partial charge < -0.3 is 5.32 Å². The van der Waals surface area contributed by atoms with Crippen molar-refractivity contribution in [3.63, 3.8) is 0 Å². The molecule has 1 amide bonds. The van der Waals surface area contributed by atoms with Crippen molar-refractivity contribution in [3.8, 4) is 0 Å². The minimum absolute atomic E-state index is 0.103. The molecule has 1 rings (SSSR count). The lowest BCUT2D eigenvalue weighted by Crippen LogP contribution is -2.23. The van der Waals surface area contributed by atoms with Crippen molar-refractivity contribution < 1.29 is 4.79 Å². The van der Waals surface area contributed by atoms with Gasteiger partial charge in [0.15, 0.2) is 0 Å². The van der Waals surface area contributed by atoms with Gasteiger partial charge in [-0.2, -0.15) is 0 Å². The van der Waals surface area contributed by atoms with E-state index in [-0.39, 0.29) is 5.91 Å². The Bertz CT molecular complexity index is 350. The Morgan fingerprint density at radius 2 is 2.06 bits per heavy atom. The molecule has 0 saturated carbocycles. The normalized spacial score (nSPS) is 10.5. The molecule has 1 aromatic carbocycles. The van der Waals surface area contributed by atoms with E-state index >= 15 is 0 Å². The molecular formula is C13H18ClNO. The third-order valence-electron chi connectivity index (χ3n) is 2.23. The second-order valence-corrected chi connectivity index (χ2v) is 4.60. The van der Waals surface area contributed by atoms with Crippen LogP contribution in [0.2, 0.25) is 0 Å². The molecule has 3 heteroatoms. The van der Waals surface area contributed by atoms with Crippen LogP contribution in [-0.4, -0.2) is 5.91 Å². The monoisotopic (exact) mass is 239 g/mol. The molecule has 0 bridgehead atoms. The minimum Gasteiger partial charge on any atom is -0.352 e. The lowest BCUT2D eigenvalue weighted by atomic mass is 10.1. The van der Waals surface area contributed by atoms with Crippen LogP contribution in [0.5, 0.6) is 0 Å². The maximum absolute atomic E-state index is 11.4. The smallest absolute Gasteiger partial charge is 0.220 e. The van der Waals surface area contributed by atoms with Crippen LogP contribution in [0.1, 0.15) is 31.4 Å². The summed E-state index contributed by atoms with van der Waals surface area (Å²) < 4.78 is 0. The van der Waals surface area contributed by atoms with E-state index in [1.165, 1.54) is 0 Å². The van der Waals surface area contributed by atoms with Gasteiger partial charge in [0.2, 0.25) is 5.91 Å². The highest BCUT2D eigenvalue weighted by atomic mass is 35.5. The van der Waals surface area contributed by atoms with Crippen molar-refractivity contribution in [2.24, 2.45) is 5.92 Å². The van der Waals surface area contributed by atoms with Crippen LogP contribution >= 0.6 is 11.6 Å². The highest BCUT2D eigenvalue weighted by molar-refractivity contribution is 6.17. The third kappa shape index (κ3) is 4.67. The van der Waals surface area contributed by atoms with Crippen molar-refractivity contribution in [3.05, 3.63) is 35.4 Å². The van der Waals surface area contributed by atoms with E-state index < -0.39 is 0 Å². The molecule has 88 valence electrons. The van der Waals surface area contributed by atoms with Crippen LogP contribution < -0.4 is 5.32 Å². The SMILES string of the molecule is CC(C)CC(=O)NCc1cccc(CCl)c1.